The molecule has 1 unspecified atom stereocenters. The highest BCUT2D eigenvalue weighted by Gasteiger charge is 2.20. The third-order valence-corrected chi connectivity index (χ3v) is 3.87. The summed E-state index contributed by atoms with van der Waals surface area (Å²) in [4.78, 5) is 0. The van der Waals surface area contributed by atoms with E-state index >= 15 is 0 Å². The van der Waals surface area contributed by atoms with E-state index in [1.807, 2.05) is 17.8 Å². The summed E-state index contributed by atoms with van der Waals surface area (Å²) in [6, 6.07) is 4.41. The predicted molar refractivity (Wildman–Crippen MR) is 65.8 cm³/mol. The second kappa shape index (κ2) is 4.07. The van der Waals surface area contributed by atoms with Crippen LogP contribution in [0.15, 0.2) is 18.3 Å². The maximum absolute atomic E-state index is 4.30. The van der Waals surface area contributed by atoms with Crippen molar-refractivity contribution in [1.82, 2.24) is 19.9 Å². The molecule has 0 spiro atoms. The lowest BCUT2D eigenvalue weighted by Gasteiger charge is -2.21. The Hall–Kier alpha value is -1.07. The van der Waals surface area contributed by atoms with Crippen LogP contribution in [-0.4, -0.2) is 32.6 Å². The zero-order valence-corrected chi connectivity index (χ0v) is 10.00. The van der Waals surface area contributed by atoms with Gasteiger partial charge in [-0.2, -0.15) is 11.8 Å². The maximum atomic E-state index is 4.30. The van der Waals surface area contributed by atoms with E-state index in [4.69, 9.17) is 0 Å². The van der Waals surface area contributed by atoms with Crippen LogP contribution in [0, 0.1) is 6.92 Å². The number of nitrogens with one attached hydrogen (secondary N) is 1. The summed E-state index contributed by atoms with van der Waals surface area (Å²) in [6.07, 6.45) is 2.10. The van der Waals surface area contributed by atoms with Crippen molar-refractivity contribution in [3.8, 4) is 0 Å². The topological polar surface area (TPSA) is 42.2 Å². The van der Waals surface area contributed by atoms with Crippen LogP contribution in [-0.2, 0) is 0 Å². The summed E-state index contributed by atoms with van der Waals surface area (Å²) in [5, 5.41) is 12.0. The molecule has 1 aliphatic rings. The first-order chi connectivity index (χ1) is 7.84. The number of pyridine rings is 1. The van der Waals surface area contributed by atoms with Crippen molar-refractivity contribution in [1.29, 1.82) is 0 Å². The molecular weight excluding hydrogens is 220 g/mol. The Labute approximate surface area is 98.4 Å². The molecule has 0 amide bonds. The van der Waals surface area contributed by atoms with Gasteiger partial charge in [-0.1, -0.05) is 6.07 Å². The minimum atomic E-state index is 0.329. The van der Waals surface area contributed by atoms with E-state index in [2.05, 4.69) is 39.1 Å². The van der Waals surface area contributed by atoms with Crippen LogP contribution in [0.4, 0.5) is 0 Å². The van der Waals surface area contributed by atoms with Crippen molar-refractivity contribution in [2.24, 2.45) is 0 Å². The fraction of sp³-hybridized carbons (Fsp3) is 0.455. The first kappa shape index (κ1) is 10.1. The van der Waals surface area contributed by atoms with Gasteiger partial charge in [-0.3, -0.25) is 4.40 Å². The molecule has 2 aromatic rings. The third-order valence-electron chi connectivity index (χ3n) is 2.81. The van der Waals surface area contributed by atoms with E-state index in [9.17, 15) is 0 Å². The van der Waals surface area contributed by atoms with Crippen LogP contribution >= 0.6 is 11.8 Å². The van der Waals surface area contributed by atoms with Gasteiger partial charge < -0.3 is 5.32 Å². The highest BCUT2D eigenvalue weighted by molar-refractivity contribution is 7.99. The van der Waals surface area contributed by atoms with Gasteiger partial charge in [0, 0.05) is 24.2 Å². The number of nitrogens with zero attached hydrogens (tertiary/aromatic N) is 3. The molecule has 1 fully saturated rings. The second-order valence-corrected chi connectivity index (χ2v) is 5.22. The van der Waals surface area contributed by atoms with Gasteiger partial charge in [0.25, 0.3) is 0 Å². The molecule has 1 N–H and O–H groups in total. The third kappa shape index (κ3) is 1.70. The first-order valence-corrected chi connectivity index (χ1v) is 6.62. The molecular formula is C11H14N4S. The lowest BCUT2D eigenvalue weighted by molar-refractivity contribution is 0.559. The molecule has 1 saturated heterocycles. The molecule has 0 aromatic carbocycles. The van der Waals surface area contributed by atoms with Gasteiger partial charge in [0.15, 0.2) is 11.5 Å². The minimum absolute atomic E-state index is 0.329. The van der Waals surface area contributed by atoms with Crippen LogP contribution < -0.4 is 5.32 Å². The summed E-state index contributed by atoms with van der Waals surface area (Å²) in [5.74, 6) is 3.30. The summed E-state index contributed by atoms with van der Waals surface area (Å²) in [5.41, 5.74) is 2.16. The quantitative estimate of drug-likeness (QED) is 0.810. The molecule has 3 heterocycles. The SMILES string of the molecule is Cc1ccc2nnc(C3CSCCN3)n2c1. The number of thioether (sulfide) groups is 1. The van der Waals surface area contributed by atoms with E-state index in [1.165, 1.54) is 11.3 Å². The van der Waals surface area contributed by atoms with Gasteiger partial charge in [-0.25, -0.2) is 0 Å². The average molecular weight is 234 g/mol. The Morgan fingerprint density at radius 2 is 2.38 bits per heavy atom. The van der Waals surface area contributed by atoms with E-state index < -0.39 is 0 Å². The fourth-order valence-corrected chi connectivity index (χ4v) is 2.92. The minimum Gasteiger partial charge on any atom is -0.306 e. The summed E-state index contributed by atoms with van der Waals surface area (Å²) in [6.45, 7) is 3.14. The van der Waals surface area contributed by atoms with Crippen molar-refractivity contribution >= 4 is 17.4 Å². The van der Waals surface area contributed by atoms with Crippen molar-refractivity contribution in [3.05, 3.63) is 29.7 Å². The van der Waals surface area contributed by atoms with Gasteiger partial charge >= 0.3 is 0 Å². The smallest absolute Gasteiger partial charge is 0.160 e. The highest BCUT2D eigenvalue weighted by Crippen LogP contribution is 2.21. The molecule has 5 heteroatoms. The summed E-state index contributed by atoms with van der Waals surface area (Å²) < 4.78 is 2.10. The van der Waals surface area contributed by atoms with Crippen molar-refractivity contribution < 1.29 is 0 Å². The first-order valence-electron chi connectivity index (χ1n) is 5.47. The van der Waals surface area contributed by atoms with E-state index in [-0.39, 0.29) is 0 Å². The van der Waals surface area contributed by atoms with Gasteiger partial charge in [0.1, 0.15) is 0 Å². The molecule has 1 atom stereocenters. The van der Waals surface area contributed by atoms with Gasteiger partial charge in [-0.15, -0.1) is 10.2 Å². The monoisotopic (exact) mass is 234 g/mol. The van der Waals surface area contributed by atoms with Crippen molar-refractivity contribution in [3.63, 3.8) is 0 Å². The van der Waals surface area contributed by atoms with Crippen LogP contribution in [0.1, 0.15) is 17.4 Å². The number of hydrogen-bond donors (Lipinski definition) is 1. The molecule has 4 nitrogen and oxygen atoms in total. The van der Waals surface area contributed by atoms with E-state index in [0.717, 1.165) is 23.8 Å². The molecule has 84 valence electrons. The van der Waals surface area contributed by atoms with Crippen molar-refractivity contribution in [2.75, 3.05) is 18.1 Å². The molecule has 3 rings (SSSR count). The molecule has 1 aliphatic heterocycles. The fourth-order valence-electron chi connectivity index (χ4n) is 1.98. The molecule has 0 bridgehead atoms. The summed E-state index contributed by atoms with van der Waals surface area (Å²) in [7, 11) is 0. The van der Waals surface area contributed by atoms with E-state index in [0.29, 0.717) is 6.04 Å². The Bertz CT molecular complexity index is 502. The van der Waals surface area contributed by atoms with Gasteiger partial charge in [0.2, 0.25) is 0 Å². The number of aromatic nitrogens is 3. The summed E-state index contributed by atoms with van der Waals surface area (Å²) >= 11 is 1.97. The second-order valence-electron chi connectivity index (χ2n) is 4.07. The number of rotatable bonds is 1. The van der Waals surface area contributed by atoms with Gasteiger partial charge in [-0.05, 0) is 18.6 Å². The average Bonchev–Trinajstić information content (AvgIpc) is 2.73. The number of aryl methyl sites for hydroxylation is 1. The molecule has 0 radical (unpaired) electrons. The Morgan fingerprint density at radius 1 is 1.44 bits per heavy atom. The lowest BCUT2D eigenvalue weighted by Crippen LogP contribution is -2.31. The van der Waals surface area contributed by atoms with Gasteiger partial charge in [0.05, 0.1) is 6.04 Å². The largest absolute Gasteiger partial charge is 0.306 e. The Morgan fingerprint density at radius 3 is 3.19 bits per heavy atom. The van der Waals surface area contributed by atoms with Crippen LogP contribution in [0.25, 0.3) is 5.65 Å². The van der Waals surface area contributed by atoms with Crippen molar-refractivity contribution in [2.45, 2.75) is 13.0 Å². The highest BCUT2D eigenvalue weighted by atomic mass is 32.2. The molecule has 16 heavy (non-hydrogen) atoms. The number of fused-ring (bicyclic) bond motifs is 1. The van der Waals surface area contributed by atoms with Crippen LogP contribution in [0.2, 0.25) is 0 Å². The zero-order chi connectivity index (χ0) is 11.0. The Kier molecular flexibility index (Phi) is 2.57. The zero-order valence-electron chi connectivity index (χ0n) is 9.18. The molecule has 2 aromatic heterocycles. The molecule has 0 saturated carbocycles. The lowest BCUT2D eigenvalue weighted by atomic mass is 10.3. The standard InChI is InChI=1S/C11H14N4S/c1-8-2-3-10-13-14-11(15(10)6-8)9-7-16-5-4-12-9/h2-3,6,9,12H,4-5,7H2,1H3. The van der Waals surface area contributed by atoms with Crippen LogP contribution in [0.3, 0.4) is 0 Å². The van der Waals surface area contributed by atoms with E-state index in [1.54, 1.807) is 0 Å². The molecule has 0 aliphatic carbocycles. The maximum Gasteiger partial charge on any atom is 0.160 e. The Balaban J connectivity index is 2.05. The number of hydrogen-bond acceptors (Lipinski definition) is 4. The normalized spacial score (nSPS) is 21.4. The van der Waals surface area contributed by atoms with Crippen LogP contribution in [0.5, 0.6) is 0 Å². The predicted octanol–water partition coefficient (Wildman–Crippen LogP) is 1.42.